The number of hydrogen-bond donors (Lipinski definition) is 2. The third-order valence-electron chi connectivity index (χ3n) is 3.20. The molecule has 0 aliphatic heterocycles. The normalized spacial score (nSPS) is 11.5. The van der Waals surface area contributed by atoms with Crippen LogP contribution in [0.2, 0.25) is 0 Å². The first-order valence-corrected chi connectivity index (χ1v) is 7.02. The van der Waals surface area contributed by atoms with Crippen LogP contribution in [0.25, 0.3) is 11.3 Å². The molecule has 0 bridgehead atoms. The zero-order chi connectivity index (χ0) is 15.9. The molecule has 0 saturated heterocycles. The fraction of sp³-hybridized carbons (Fsp3) is 0.333. The predicted octanol–water partition coefficient (Wildman–Crippen LogP) is 2.30. The van der Waals surface area contributed by atoms with Gasteiger partial charge in [0.15, 0.2) is 0 Å². The molecule has 22 heavy (non-hydrogen) atoms. The smallest absolute Gasteiger partial charge is 0.319 e. The molecule has 7 heteroatoms. The molecule has 0 aliphatic carbocycles. The summed E-state index contributed by atoms with van der Waals surface area (Å²) in [6.45, 7) is 1.92. The summed E-state index contributed by atoms with van der Waals surface area (Å²) in [5, 5.41) is 18.4. The van der Waals surface area contributed by atoms with Crippen molar-refractivity contribution in [3.05, 3.63) is 30.7 Å². The number of nitriles is 1. The maximum absolute atomic E-state index is 12.1. The molecule has 2 heterocycles. The molecule has 2 aromatic rings. The van der Waals surface area contributed by atoms with Crippen LogP contribution in [0.15, 0.2) is 30.7 Å². The molecule has 1 atom stereocenters. The number of nitrogens with zero attached hydrogens (tertiary/aromatic N) is 4. The average Bonchev–Trinajstić information content (AvgIpc) is 2.93. The van der Waals surface area contributed by atoms with E-state index in [9.17, 15) is 4.79 Å². The van der Waals surface area contributed by atoms with Crippen molar-refractivity contribution in [2.75, 3.05) is 5.32 Å². The van der Waals surface area contributed by atoms with Gasteiger partial charge in [-0.25, -0.2) is 4.79 Å². The summed E-state index contributed by atoms with van der Waals surface area (Å²) in [5.74, 6) is 0. The van der Waals surface area contributed by atoms with Crippen molar-refractivity contribution in [1.82, 2.24) is 20.1 Å². The quantitative estimate of drug-likeness (QED) is 0.885. The molecular formula is C15H18N6O. The van der Waals surface area contributed by atoms with Gasteiger partial charge in [-0.3, -0.25) is 9.67 Å². The van der Waals surface area contributed by atoms with E-state index in [0.717, 1.165) is 5.56 Å². The van der Waals surface area contributed by atoms with Crippen molar-refractivity contribution in [2.24, 2.45) is 7.05 Å². The van der Waals surface area contributed by atoms with Gasteiger partial charge >= 0.3 is 6.03 Å². The number of nitrogens with one attached hydrogen (secondary N) is 2. The van der Waals surface area contributed by atoms with Crippen LogP contribution in [0.3, 0.4) is 0 Å². The fourth-order valence-electron chi connectivity index (χ4n) is 2.03. The second kappa shape index (κ2) is 7.22. The average molecular weight is 298 g/mol. The van der Waals surface area contributed by atoms with Crippen molar-refractivity contribution in [1.29, 1.82) is 5.26 Å². The van der Waals surface area contributed by atoms with Gasteiger partial charge in [0.2, 0.25) is 0 Å². The van der Waals surface area contributed by atoms with Crippen molar-refractivity contribution < 1.29 is 4.79 Å². The van der Waals surface area contributed by atoms with Gasteiger partial charge in [0.05, 0.1) is 30.1 Å². The highest BCUT2D eigenvalue weighted by Gasteiger charge is 2.13. The van der Waals surface area contributed by atoms with Gasteiger partial charge in [0.1, 0.15) is 0 Å². The molecule has 2 aromatic heterocycles. The first-order chi connectivity index (χ1) is 10.6. The highest BCUT2D eigenvalue weighted by Crippen LogP contribution is 2.24. The van der Waals surface area contributed by atoms with E-state index in [4.69, 9.17) is 5.26 Å². The molecule has 2 N–H and O–H groups in total. The Kier molecular flexibility index (Phi) is 5.09. The zero-order valence-electron chi connectivity index (χ0n) is 12.6. The summed E-state index contributed by atoms with van der Waals surface area (Å²) < 4.78 is 1.67. The minimum absolute atomic E-state index is 0.163. The number of amides is 2. The number of aryl methyl sites for hydroxylation is 1. The van der Waals surface area contributed by atoms with Gasteiger partial charge in [0.25, 0.3) is 0 Å². The Bertz CT molecular complexity index is 687. The number of urea groups is 1. The summed E-state index contributed by atoms with van der Waals surface area (Å²) >= 11 is 0. The molecule has 0 aliphatic rings. The van der Waals surface area contributed by atoms with E-state index in [2.05, 4.69) is 26.8 Å². The Morgan fingerprint density at radius 1 is 1.55 bits per heavy atom. The molecule has 0 spiro atoms. The predicted molar refractivity (Wildman–Crippen MR) is 82.9 cm³/mol. The molecule has 2 amide bonds. The van der Waals surface area contributed by atoms with Crippen LogP contribution >= 0.6 is 0 Å². The lowest BCUT2D eigenvalue weighted by Crippen LogP contribution is -2.37. The third kappa shape index (κ3) is 3.82. The maximum atomic E-state index is 12.1. The van der Waals surface area contributed by atoms with E-state index in [1.807, 2.05) is 20.2 Å². The Hall–Kier alpha value is -2.88. The van der Waals surface area contributed by atoms with Crippen molar-refractivity contribution in [3.63, 3.8) is 0 Å². The SMILES string of the molecule is CCC(CC#N)NC(=O)Nc1cccnc1-c1cnn(C)c1. The molecule has 0 fully saturated rings. The van der Waals surface area contributed by atoms with Crippen LogP contribution in [0.5, 0.6) is 0 Å². The van der Waals surface area contributed by atoms with Gasteiger partial charge in [-0.2, -0.15) is 10.4 Å². The van der Waals surface area contributed by atoms with Crippen molar-refractivity contribution in [3.8, 4) is 17.3 Å². The van der Waals surface area contributed by atoms with Crippen LogP contribution in [0, 0.1) is 11.3 Å². The standard InChI is InChI=1S/C15H18N6O/c1-3-12(6-7-16)19-15(22)20-13-5-4-8-17-14(13)11-9-18-21(2)10-11/h4-5,8-10,12H,3,6H2,1-2H3,(H2,19,20,22). The minimum atomic E-state index is -0.347. The first kappa shape index (κ1) is 15.5. The summed E-state index contributed by atoms with van der Waals surface area (Å²) in [6.07, 6.45) is 6.16. The van der Waals surface area contributed by atoms with Crippen molar-refractivity contribution in [2.45, 2.75) is 25.8 Å². The van der Waals surface area contributed by atoms with E-state index < -0.39 is 0 Å². The van der Waals surface area contributed by atoms with Crippen LogP contribution < -0.4 is 10.6 Å². The number of rotatable bonds is 5. The minimum Gasteiger partial charge on any atom is -0.334 e. The highest BCUT2D eigenvalue weighted by molar-refractivity contribution is 5.93. The lowest BCUT2D eigenvalue weighted by Gasteiger charge is -2.15. The lowest BCUT2D eigenvalue weighted by molar-refractivity contribution is 0.248. The molecule has 7 nitrogen and oxygen atoms in total. The molecule has 2 rings (SSSR count). The largest absolute Gasteiger partial charge is 0.334 e. The Labute approximate surface area is 129 Å². The van der Waals surface area contributed by atoms with Crippen LogP contribution in [0.4, 0.5) is 10.5 Å². The fourth-order valence-corrected chi connectivity index (χ4v) is 2.03. The molecule has 0 aromatic carbocycles. The topological polar surface area (TPSA) is 95.6 Å². The first-order valence-electron chi connectivity index (χ1n) is 7.02. The Balaban J connectivity index is 2.13. The van der Waals surface area contributed by atoms with Crippen molar-refractivity contribution >= 4 is 11.7 Å². The summed E-state index contributed by atoms with van der Waals surface area (Å²) in [4.78, 5) is 16.4. The lowest BCUT2D eigenvalue weighted by atomic mass is 10.2. The van der Waals surface area contributed by atoms with Crippen LogP contribution in [-0.2, 0) is 7.05 Å². The molecule has 1 unspecified atom stereocenters. The number of carbonyl (C=O) groups excluding carboxylic acids is 1. The van der Waals surface area contributed by atoms with Gasteiger partial charge < -0.3 is 10.6 Å². The summed E-state index contributed by atoms with van der Waals surface area (Å²) in [6, 6.07) is 5.08. The number of pyridine rings is 1. The molecular weight excluding hydrogens is 280 g/mol. The van der Waals surface area contributed by atoms with E-state index in [1.54, 1.807) is 29.2 Å². The number of anilines is 1. The van der Waals surface area contributed by atoms with Gasteiger partial charge in [-0.1, -0.05) is 6.92 Å². The van der Waals surface area contributed by atoms with Crippen LogP contribution in [-0.4, -0.2) is 26.8 Å². The Morgan fingerprint density at radius 3 is 3.00 bits per heavy atom. The highest BCUT2D eigenvalue weighted by atomic mass is 16.2. The number of aromatic nitrogens is 3. The molecule has 114 valence electrons. The van der Waals surface area contributed by atoms with E-state index in [-0.39, 0.29) is 18.5 Å². The number of carbonyl (C=O) groups is 1. The number of hydrogen-bond acceptors (Lipinski definition) is 4. The van der Waals surface area contributed by atoms with E-state index in [0.29, 0.717) is 17.8 Å². The van der Waals surface area contributed by atoms with E-state index >= 15 is 0 Å². The maximum Gasteiger partial charge on any atom is 0.319 e. The zero-order valence-corrected chi connectivity index (χ0v) is 12.6. The summed E-state index contributed by atoms with van der Waals surface area (Å²) in [5.41, 5.74) is 2.07. The van der Waals surface area contributed by atoms with Gasteiger partial charge in [0, 0.05) is 31.0 Å². The second-order valence-corrected chi connectivity index (χ2v) is 4.87. The van der Waals surface area contributed by atoms with E-state index in [1.165, 1.54) is 0 Å². The Morgan fingerprint density at radius 2 is 2.36 bits per heavy atom. The monoisotopic (exact) mass is 298 g/mol. The van der Waals surface area contributed by atoms with Crippen LogP contribution in [0.1, 0.15) is 19.8 Å². The molecule has 0 radical (unpaired) electrons. The third-order valence-corrected chi connectivity index (χ3v) is 3.20. The molecule has 0 saturated carbocycles. The van der Waals surface area contributed by atoms with Gasteiger partial charge in [-0.15, -0.1) is 0 Å². The second-order valence-electron chi connectivity index (χ2n) is 4.87. The van der Waals surface area contributed by atoms with Gasteiger partial charge in [-0.05, 0) is 18.6 Å². The summed E-state index contributed by atoms with van der Waals surface area (Å²) in [7, 11) is 1.82.